The number of ether oxygens (including phenoxy) is 2. The highest BCUT2D eigenvalue weighted by Gasteiger charge is 2.18. The molecule has 0 aromatic carbocycles. The van der Waals surface area contributed by atoms with E-state index in [2.05, 4.69) is 10.2 Å². The predicted molar refractivity (Wildman–Crippen MR) is 77.5 cm³/mol. The Morgan fingerprint density at radius 1 is 1.48 bits per heavy atom. The number of thioether (sulfide) groups is 1. The van der Waals surface area contributed by atoms with E-state index >= 15 is 0 Å². The topological polar surface area (TPSA) is 89.4 Å². The second-order valence-corrected chi connectivity index (χ2v) is 5.53. The van der Waals surface area contributed by atoms with Gasteiger partial charge >= 0.3 is 5.69 Å². The van der Waals surface area contributed by atoms with Crippen LogP contribution in [0.3, 0.4) is 0 Å². The number of nitrogens with one attached hydrogen (secondary N) is 1. The number of aromatic nitrogens is 3. The van der Waals surface area contributed by atoms with E-state index in [1.54, 1.807) is 12.0 Å². The molecule has 9 heteroatoms. The Hall–Kier alpha value is -1.32. The number of aromatic amines is 1. The fourth-order valence-corrected chi connectivity index (χ4v) is 2.88. The minimum absolute atomic E-state index is 0.0437. The molecule has 0 atom stereocenters. The molecule has 0 aliphatic carbocycles. The molecule has 1 aliphatic heterocycles. The van der Waals surface area contributed by atoms with Gasteiger partial charge in [0, 0.05) is 33.4 Å². The number of morpholine rings is 1. The van der Waals surface area contributed by atoms with E-state index in [1.165, 1.54) is 16.3 Å². The molecule has 1 amide bonds. The molecule has 2 heterocycles. The molecule has 21 heavy (non-hydrogen) atoms. The van der Waals surface area contributed by atoms with Crippen LogP contribution in [0.15, 0.2) is 9.95 Å². The Morgan fingerprint density at radius 3 is 2.95 bits per heavy atom. The van der Waals surface area contributed by atoms with E-state index < -0.39 is 0 Å². The summed E-state index contributed by atoms with van der Waals surface area (Å²) < 4.78 is 11.7. The number of methoxy groups -OCH3 is 1. The van der Waals surface area contributed by atoms with Crippen molar-refractivity contribution in [2.24, 2.45) is 0 Å². The van der Waals surface area contributed by atoms with Crippen molar-refractivity contribution >= 4 is 17.7 Å². The summed E-state index contributed by atoms with van der Waals surface area (Å²) in [5, 5.41) is 6.92. The van der Waals surface area contributed by atoms with Gasteiger partial charge < -0.3 is 14.4 Å². The van der Waals surface area contributed by atoms with Gasteiger partial charge in [-0.3, -0.25) is 9.36 Å². The van der Waals surface area contributed by atoms with E-state index in [4.69, 9.17) is 9.47 Å². The van der Waals surface area contributed by atoms with Gasteiger partial charge in [-0.1, -0.05) is 11.8 Å². The minimum Gasteiger partial charge on any atom is -0.385 e. The third kappa shape index (κ3) is 4.58. The largest absolute Gasteiger partial charge is 0.385 e. The zero-order valence-electron chi connectivity index (χ0n) is 12.0. The summed E-state index contributed by atoms with van der Waals surface area (Å²) >= 11 is 1.28. The number of carbonyl (C=O) groups is 1. The van der Waals surface area contributed by atoms with Crippen LogP contribution in [0.4, 0.5) is 0 Å². The van der Waals surface area contributed by atoms with E-state index in [-0.39, 0.29) is 17.3 Å². The Morgan fingerprint density at radius 2 is 2.24 bits per heavy atom. The summed E-state index contributed by atoms with van der Waals surface area (Å²) in [7, 11) is 1.62. The van der Waals surface area contributed by atoms with Crippen molar-refractivity contribution in [3.63, 3.8) is 0 Å². The first-order valence-corrected chi connectivity index (χ1v) is 7.83. The van der Waals surface area contributed by atoms with Crippen molar-refractivity contribution in [1.82, 2.24) is 19.7 Å². The van der Waals surface area contributed by atoms with Gasteiger partial charge in [-0.25, -0.2) is 9.89 Å². The van der Waals surface area contributed by atoms with Gasteiger partial charge in [0.05, 0.1) is 19.0 Å². The van der Waals surface area contributed by atoms with Gasteiger partial charge in [0.25, 0.3) is 0 Å². The maximum atomic E-state index is 12.1. The van der Waals surface area contributed by atoms with Crippen LogP contribution in [0.25, 0.3) is 0 Å². The molecule has 1 aromatic heterocycles. The molecule has 1 aliphatic rings. The average molecular weight is 316 g/mol. The number of rotatable bonds is 7. The molecular weight excluding hydrogens is 296 g/mol. The molecule has 8 nitrogen and oxygen atoms in total. The lowest BCUT2D eigenvalue weighted by molar-refractivity contribution is -0.132. The zero-order chi connectivity index (χ0) is 15.1. The first-order valence-electron chi connectivity index (χ1n) is 6.85. The number of carbonyl (C=O) groups excluding carboxylic acids is 1. The summed E-state index contributed by atoms with van der Waals surface area (Å²) in [6.45, 7) is 3.52. The maximum Gasteiger partial charge on any atom is 0.343 e. The second kappa shape index (κ2) is 8.20. The molecule has 0 radical (unpaired) electrons. The number of hydrogen-bond acceptors (Lipinski definition) is 6. The van der Waals surface area contributed by atoms with Gasteiger partial charge in [-0.15, -0.1) is 5.10 Å². The van der Waals surface area contributed by atoms with Crippen LogP contribution in [0, 0.1) is 0 Å². The normalized spacial score (nSPS) is 15.4. The third-order valence-corrected chi connectivity index (χ3v) is 4.10. The summed E-state index contributed by atoms with van der Waals surface area (Å²) in [5.41, 5.74) is -0.257. The monoisotopic (exact) mass is 316 g/mol. The first kappa shape index (κ1) is 16.1. The van der Waals surface area contributed by atoms with Crippen LogP contribution in [0.1, 0.15) is 6.42 Å². The van der Waals surface area contributed by atoms with Crippen molar-refractivity contribution in [1.29, 1.82) is 0 Å². The Bertz CT molecular complexity index is 510. The molecule has 0 saturated carbocycles. The smallest absolute Gasteiger partial charge is 0.343 e. The lowest BCUT2D eigenvalue weighted by Gasteiger charge is -2.26. The van der Waals surface area contributed by atoms with Crippen LogP contribution in [0.2, 0.25) is 0 Å². The van der Waals surface area contributed by atoms with Crippen LogP contribution in [0.5, 0.6) is 0 Å². The molecule has 2 rings (SSSR count). The molecule has 0 unspecified atom stereocenters. The van der Waals surface area contributed by atoms with Crippen molar-refractivity contribution < 1.29 is 14.3 Å². The zero-order valence-corrected chi connectivity index (χ0v) is 12.9. The van der Waals surface area contributed by atoms with Crippen LogP contribution in [-0.4, -0.2) is 71.3 Å². The van der Waals surface area contributed by atoms with Gasteiger partial charge in [0.2, 0.25) is 5.91 Å². The standard InChI is InChI=1S/C12H20N4O4S/c1-19-6-2-3-16-11(18)13-14-12(16)21-9-10(17)15-4-7-20-8-5-15/h2-9H2,1H3,(H,13,18). The highest BCUT2D eigenvalue weighted by Crippen LogP contribution is 2.14. The van der Waals surface area contributed by atoms with Crippen molar-refractivity contribution in [3.05, 3.63) is 10.5 Å². The molecule has 1 fully saturated rings. The van der Waals surface area contributed by atoms with E-state index in [0.717, 1.165) is 6.42 Å². The highest BCUT2D eigenvalue weighted by molar-refractivity contribution is 7.99. The summed E-state index contributed by atoms with van der Waals surface area (Å²) in [6.07, 6.45) is 0.723. The SMILES string of the molecule is COCCCn1c(SCC(=O)N2CCOCC2)n[nH]c1=O. The fourth-order valence-electron chi connectivity index (χ4n) is 2.01. The number of hydrogen-bond donors (Lipinski definition) is 1. The summed E-state index contributed by atoms with van der Waals surface area (Å²) in [5.74, 6) is 0.316. The number of H-pyrrole nitrogens is 1. The second-order valence-electron chi connectivity index (χ2n) is 4.59. The number of nitrogens with zero attached hydrogens (tertiary/aromatic N) is 3. The van der Waals surface area contributed by atoms with Gasteiger partial charge in [0.15, 0.2) is 5.16 Å². The molecule has 0 spiro atoms. The molecular formula is C12H20N4O4S. The lowest BCUT2D eigenvalue weighted by Crippen LogP contribution is -2.41. The van der Waals surface area contributed by atoms with E-state index in [9.17, 15) is 9.59 Å². The lowest BCUT2D eigenvalue weighted by atomic mass is 10.4. The Kier molecular flexibility index (Phi) is 6.27. The average Bonchev–Trinajstić information content (AvgIpc) is 2.87. The van der Waals surface area contributed by atoms with Crippen molar-refractivity contribution in [2.75, 3.05) is 45.8 Å². The van der Waals surface area contributed by atoms with E-state index in [1.807, 2.05) is 0 Å². The molecule has 1 N–H and O–H groups in total. The third-order valence-electron chi connectivity index (χ3n) is 3.14. The quantitative estimate of drug-likeness (QED) is 0.542. The van der Waals surface area contributed by atoms with Crippen LogP contribution < -0.4 is 5.69 Å². The summed E-state index contributed by atoms with van der Waals surface area (Å²) in [6, 6.07) is 0. The molecule has 118 valence electrons. The minimum atomic E-state index is -0.257. The Balaban J connectivity index is 1.87. The van der Waals surface area contributed by atoms with Gasteiger partial charge in [0.1, 0.15) is 0 Å². The van der Waals surface area contributed by atoms with Crippen molar-refractivity contribution in [2.45, 2.75) is 18.1 Å². The van der Waals surface area contributed by atoms with Gasteiger partial charge in [-0.2, -0.15) is 0 Å². The van der Waals surface area contributed by atoms with Crippen molar-refractivity contribution in [3.8, 4) is 0 Å². The highest BCUT2D eigenvalue weighted by atomic mass is 32.2. The molecule has 0 bridgehead atoms. The first-order chi connectivity index (χ1) is 10.2. The maximum absolute atomic E-state index is 12.1. The van der Waals surface area contributed by atoms with E-state index in [0.29, 0.717) is 44.6 Å². The van der Waals surface area contributed by atoms with Crippen LogP contribution in [-0.2, 0) is 20.8 Å². The molecule has 1 saturated heterocycles. The molecule has 1 aromatic rings. The fraction of sp³-hybridized carbons (Fsp3) is 0.750. The predicted octanol–water partition coefficient (Wildman–Crippen LogP) is -0.441. The number of amides is 1. The van der Waals surface area contributed by atoms with Crippen LogP contribution >= 0.6 is 11.8 Å². The van der Waals surface area contributed by atoms with Gasteiger partial charge in [-0.05, 0) is 6.42 Å². The summed E-state index contributed by atoms with van der Waals surface area (Å²) in [4.78, 5) is 25.5. The Labute approximate surface area is 126 Å².